The SMILES string of the molecule is COc1ccc(C(=O)c2cc(-c3ccccc3)ccn2)cc1. The second kappa shape index (κ2) is 6.22. The highest BCUT2D eigenvalue weighted by Gasteiger charge is 2.11. The van der Waals surface area contributed by atoms with Gasteiger partial charge in [-0.15, -0.1) is 0 Å². The number of carbonyl (C=O) groups excluding carboxylic acids is 1. The molecule has 0 aliphatic carbocycles. The molecule has 0 atom stereocenters. The molecule has 0 fully saturated rings. The number of rotatable bonds is 4. The van der Waals surface area contributed by atoms with Gasteiger partial charge in [0.25, 0.3) is 0 Å². The summed E-state index contributed by atoms with van der Waals surface area (Å²) in [5.41, 5.74) is 3.08. The van der Waals surface area contributed by atoms with E-state index in [-0.39, 0.29) is 5.78 Å². The zero-order chi connectivity index (χ0) is 15.4. The van der Waals surface area contributed by atoms with E-state index in [0.29, 0.717) is 11.3 Å². The van der Waals surface area contributed by atoms with Gasteiger partial charge in [0.15, 0.2) is 0 Å². The van der Waals surface area contributed by atoms with Gasteiger partial charge in [0, 0.05) is 11.8 Å². The molecule has 0 aliphatic rings. The van der Waals surface area contributed by atoms with Crippen LogP contribution in [0, 0.1) is 0 Å². The van der Waals surface area contributed by atoms with Crippen LogP contribution in [0.3, 0.4) is 0 Å². The van der Waals surface area contributed by atoms with Crippen molar-refractivity contribution in [1.82, 2.24) is 4.98 Å². The summed E-state index contributed by atoms with van der Waals surface area (Å²) in [5.74, 6) is 0.628. The van der Waals surface area contributed by atoms with Crippen LogP contribution >= 0.6 is 0 Å². The summed E-state index contributed by atoms with van der Waals surface area (Å²) in [5, 5.41) is 0. The van der Waals surface area contributed by atoms with E-state index < -0.39 is 0 Å². The number of pyridine rings is 1. The summed E-state index contributed by atoms with van der Waals surface area (Å²) in [7, 11) is 1.60. The van der Waals surface area contributed by atoms with Crippen molar-refractivity contribution >= 4 is 5.78 Å². The Bertz CT molecular complexity index is 780. The first-order valence-corrected chi connectivity index (χ1v) is 6.98. The molecule has 0 aliphatic heterocycles. The maximum atomic E-state index is 12.5. The molecule has 2 aromatic carbocycles. The maximum absolute atomic E-state index is 12.5. The van der Waals surface area contributed by atoms with Crippen LogP contribution in [0.25, 0.3) is 11.1 Å². The predicted molar refractivity (Wildman–Crippen MR) is 86.1 cm³/mol. The number of benzene rings is 2. The van der Waals surface area contributed by atoms with Crippen LogP contribution in [0.4, 0.5) is 0 Å². The van der Waals surface area contributed by atoms with Gasteiger partial charge < -0.3 is 4.74 Å². The third kappa shape index (κ3) is 2.88. The molecule has 108 valence electrons. The van der Waals surface area contributed by atoms with Gasteiger partial charge in [0.05, 0.1) is 7.11 Å². The highest BCUT2D eigenvalue weighted by Crippen LogP contribution is 2.20. The lowest BCUT2D eigenvalue weighted by Gasteiger charge is -2.05. The van der Waals surface area contributed by atoms with Gasteiger partial charge in [-0.25, -0.2) is 0 Å². The molecule has 1 aromatic heterocycles. The minimum atomic E-state index is -0.0968. The van der Waals surface area contributed by atoms with Crippen LogP contribution in [0.1, 0.15) is 16.1 Å². The molecule has 3 rings (SSSR count). The Labute approximate surface area is 129 Å². The molecule has 0 N–H and O–H groups in total. The molecule has 0 saturated heterocycles. The molecule has 1 heterocycles. The standard InChI is InChI=1S/C19H15NO2/c1-22-17-9-7-15(8-10-17)19(21)18-13-16(11-12-20-18)14-5-3-2-4-6-14/h2-13H,1H3. The Hall–Kier alpha value is -2.94. The fraction of sp³-hybridized carbons (Fsp3) is 0.0526. The largest absolute Gasteiger partial charge is 0.497 e. The zero-order valence-corrected chi connectivity index (χ0v) is 12.2. The quantitative estimate of drug-likeness (QED) is 0.682. The maximum Gasteiger partial charge on any atom is 0.211 e. The molecule has 3 nitrogen and oxygen atoms in total. The molecule has 0 radical (unpaired) electrons. The second-order valence-electron chi connectivity index (χ2n) is 4.85. The number of nitrogens with zero attached hydrogens (tertiary/aromatic N) is 1. The first-order chi connectivity index (χ1) is 10.8. The smallest absolute Gasteiger partial charge is 0.211 e. The minimum Gasteiger partial charge on any atom is -0.497 e. The lowest BCUT2D eigenvalue weighted by atomic mass is 10.0. The number of ketones is 1. The normalized spacial score (nSPS) is 10.2. The van der Waals surface area contributed by atoms with Crippen molar-refractivity contribution in [1.29, 1.82) is 0 Å². The van der Waals surface area contributed by atoms with Crippen molar-refractivity contribution in [2.24, 2.45) is 0 Å². The van der Waals surface area contributed by atoms with Crippen molar-refractivity contribution in [2.45, 2.75) is 0 Å². The van der Waals surface area contributed by atoms with Gasteiger partial charge in [-0.05, 0) is 47.5 Å². The molecule has 0 bridgehead atoms. The van der Waals surface area contributed by atoms with Gasteiger partial charge in [-0.3, -0.25) is 9.78 Å². The molecule has 3 aromatic rings. The average molecular weight is 289 g/mol. The Morgan fingerprint density at radius 3 is 2.32 bits per heavy atom. The summed E-state index contributed by atoms with van der Waals surface area (Å²) in [4.78, 5) is 16.7. The lowest BCUT2D eigenvalue weighted by molar-refractivity contribution is 0.103. The Morgan fingerprint density at radius 2 is 1.64 bits per heavy atom. The monoisotopic (exact) mass is 289 g/mol. The van der Waals surface area contributed by atoms with Crippen LogP contribution in [-0.2, 0) is 0 Å². The third-order valence-electron chi connectivity index (χ3n) is 3.45. The van der Waals surface area contributed by atoms with E-state index in [1.165, 1.54) is 0 Å². The summed E-state index contributed by atoms with van der Waals surface area (Å²) in [6, 6.07) is 20.7. The number of hydrogen-bond donors (Lipinski definition) is 0. The Kier molecular flexibility index (Phi) is 3.97. The van der Waals surface area contributed by atoms with E-state index in [2.05, 4.69) is 4.98 Å². The van der Waals surface area contributed by atoms with E-state index in [1.807, 2.05) is 42.5 Å². The third-order valence-corrected chi connectivity index (χ3v) is 3.45. The van der Waals surface area contributed by atoms with Gasteiger partial charge in [-0.1, -0.05) is 30.3 Å². The molecule has 0 saturated carbocycles. The van der Waals surface area contributed by atoms with Crippen LogP contribution in [0.5, 0.6) is 5.75 Å². The number of methoxy groups -OCH3 is 1. The molecule has 22 heavy (non-hydrogen) atoms. The molecule has 3 heteroatoms. The van der Waals surface area contributed by atoms with Crippen molar-refractivity contribution in [2.75, 3.05) is 7.11 Å². The van der Waals surface area contributed by atoms with Crippen LogP contribution in [0.15, 0.2) is 72.9 Å². The summed E-state index contributed by atoms with van der Waals surface area (Å²) < 4.78 is 5.10. The van der Waals surface area contributed by atoms with Gasteiger partial charge in [0.1, 0.15) is 11.4 Å². The van der Waals surface area contributed by atoms with Gasteiger partial charge in [-0.2, -0.15) is 0 Å². The first-order valence-electron chi connectivity index (χ1n) is 6.98. The highest BCUT2D eigenvalue weighted by atomic mass is 16.5. The summed E-state index contributed by atoms with van der Waals surface area (Å²) in [6.07, 6.45) is 1.67. The predicted octanol–water partition coefficient (Wildman–Crippen LogP) is 3.99. The molecular formula is C19H15NO2. The van der Waals surface area contributed by atoms with Crippen molar-refractivity contribution in [3.8, 4) is 16.9 Å². The molecule has 0 unspecified atom stereocenters. The van der Waals surface area contributed by atoms with Gasteiger partial charge >= 0.3 is 0 Å². The van der Waals surface area contributed by atoms with Crippen LogP contribution < -0.4 is 4.74 Å². The topological polar surface area (TPSA) is 39.2 Å². The van der Waals surface area contributed by atoms with Crippen LogP contribution in [0.2, 0.25) is 0 Å². The van der Waals surface area contributed by atoms with E-state index in [9.17, 15) is 4.79 Å². The van der Waals surface area contributed by atoms with E-state index in [0.717, 1.165) is 16.9 Å². The minimum absolute atomic E-state index is 0.0968. The number of hydrogen-bond acceptors (Lipinski definition) is 3. The molecule has 0 spiro atoms. The summed E-state index contributed by atoms with van der Waals surface area (Å²) >= 11 is 0. The fourth-order valence-corrected chi connectivity index (χ4v) is 2.26. The lowest BCUT2D eigenvalue weighted by Crippen LogP contribution is -2.04. The first kappa shape index (κ1) is 14.0. The van der Waals surface area contributed by atoms with E-state index in [1.54, 1.807) is 37.6 Å². The number of aromatic nitrogens is 1. The van der Waals surface area contributed by atoms with Crippen molar-refractivity contribution in [3.05, 3.63) is 84.2 Å². The Balaban J connectivity index is 1.92. The summed E-state index contributed by atoms with van der Waals surface area (Å²) in [6.45, 7) is 0. The average Bonchev–Trinajstić information content (AvgIpc) is 2.62. The number of ether oxygens (including phenoxy) is 1. The second-order valence-corrected chi connectivity index (χ2v) is 4.85. The Morgan fingerprint density at radius 1 is 0.909 bits per heavy atom. The number of carbonyl (C=O) groups is 1. The highest BCUT2D eigenvalue weighted by molar-refractivity contribution is 6.08. The van der Waals surface area contributed by atoms with E-state index >= 15 is 0 Å². The van der Waals surface area contributed by atoms with Gasteiger partial charge in [0.2, 0.25) is 5.78 Å². The van der Waals surface area contributed by atoms with Crippen molar-refractivity contribution < 1.29 is 9.53 Å². The van der Waals surface area contributed by atoms with E-state index in [4.69, 9.17) is 4.74 Å². The van der Waals surface area contributed by atoms with Crippen molar-refractivity contribution in [3.63, 3.8) is 0 Å². The molecule has 0 amide bonds. The zero-order valence-electron chi connectivity index (χ0n) is 12.2. The molecular weight excluding hydrogens is 274 g/mol. The fourth-order valence-electron chi connectivity index (χ4n) is 2.26. The van der Waals surface area contributed by atoms with Crippen LogP contribution in [-0.4, -0.2) is 17.9 Å².